The van der Waals surface area contributed by atoms with Gasteiger partial charge in [-0.25, -0.2) is 0 Å². The summed E-state index contributed by atoms with van der Waals surface area (Å²) >= 11 is 0. The third-order valence-electron chi connectivity index (χ3n) is 4.47. The van der Waals surface area contributed by atoms with Gasteiger partial charge in [-0.2, -0.15) is 5.06 Å². The van der Waals surface area contributed by atoms with Crippen molar-refractivity contribution in [3.63, 3.8) is 0 Å². The zero-order valence-electron chi connectivity index (χ0n) is 12.4. The number of fused-ring (bicyclic) bond motifs is 3. The highest BCUT2D eigenvalue weighted by Crippen LogP contribution is 2.38. The number of carbonyl (C=O) groups excluding carboxylic acids is 2. The van der Waals surface area contributed by atoms with Crippen LogP contribution in [0.15, 0.2) is 42.5 Å². The molecule has 1 heterocycles. The molecule has 1 unspecified atom stereocenters. The van der Waals surface area contributed by atoms with Crippen molar-refractivity contribution in [2.24, 2.45) is 0 Å². The van der Waals surface area contributed by atoms with E-state index in [-0.39, 0.29) is 18.1 Å². The summed E-state index contributed by atoms with van der Waals surface area (Å²) in [6.07, 6.45) is -0.161. The molecule has 1 saturated heterocycles. The molecule has 4 rings (SSSR count). The lowest BCUT2D eigenvalue weighted by atomic mass is 10.0. The summed E-state index contributed by atoms with van der Waals surface area (Å²) in [6.45, 7) is 0.245. The zero-order valence-corrected chi connectivity index (χ0v) is 12.4. The minimum atomic E-state index is -0.896. The van der Waals surface area contributed by atoms with E-state index in [1.165, 1.54) is 22.3 Å². The summed E-state index contributed by atoms with van der Waals surface area (Å²) in [5, 5.41) is 9.41. The number of rotatable bonds is 3. The molecule has 2 aromatic rings. The maximum absolute atomic E-state index is 11.7. The van der Waals surface area contributed by atoms with E-state index < -0.39 is 17.9 Å². The van der Waals surface area contributed by atoms with Crippen molar-refractivity contribution in [3.8, 4) is 11.1 Å². The van der Waals surface area contributed by atoms with Gasteiger partial charge in [0.05, 0.1) is 13.0 Å². The molecule has 1 aliphatic heterocycles. The number of ether oxygens (including phenoxy) is 1. The molecule has 1 atom stereocenters. The Morgan fingerprint density at radius 3 is 2.65 bits per heavy atom. The average molecular weight is 309 g/mol. The normalized spacial score (nSPS) is 19.2. The van der Waals surface area contributed by atoms with Gasteiger partial charge in [-0.3, -0.25) is 14.8 Å². The molecule has 2 amide bonds. The Bertz CT molecular complexity index is 814. The van der Waals surface area contributed by atoms with Gasteiger partial charge >= 0.3 is 0 Å². The molecule has 2 aromatic carbocycles. The second-order valence-corrected chi connectivity index (χ2v) is 5.82. The Balaban J connectivity index is 1.56. The Hall–Kier alpha value is -2.50. The molecule has 5 nitrogen and oxygen atoms in total. The molecule has 1 fully saturated rings. The Kier molecular flexibility index (Phi) is 3.25. The Morgan fingerprint density at radius 1 is 1.09 bits per heavy atom. The van der Waals surface area contributed by atoms with Crippen molar-refractivity contribution in [1.29, 1.82) is 0 Å². The minimum Gasteiger partial charge on any atom is -0.363 e. The number of carbonyl (C=O) groups is 2. The first-order valence-electron chi connectivity index (χ1n) is 7.51. The number of hydroxylamine groups is 2. The van der Waals surface area contributed by atoms with Crippen LogP contribution >= 0.6 is 0 Å². The summed E-state index contributed by atoms with van der Waals surface area (Å²) < 4.78 is 5.59. The van der Waals surface area contributed by atoms with Crippen LogP contribution in [0, 0.1) is 0 Å². The van der Waals surface area contributed by atoms with Crippen LogP contribution in [0.2, 0.25) is 0 Å². The second-order valence-electron chi connectivity index (χ2n) is 5.82. The van der Waals surface area contributed by atoms with Crippen molar-refractivity contribution in [2.75, 3.05) is 0 Å². The summed E-state index contributed by atoms with van der Waals surface area (Å²) in [5.41, 5.74) is 5.92. The predicted molar refractivity (Wildman–Crippen MR) is 81.5 cm³/mol. The molecule has 2 aliphatic rings. The lowest BCUT2D eigenvalue weighted by Crippen LogP contribution is -2.29. The van der Waals surface area contributed by atoms with E-state index in [0.29, 0.717) is 0 Å². The van der Waals surface area contributed by atoms with Gasteiger partial charge in [-0.05, 0) is 34.2 Å². The first kappa shape index (κ1) is 14.1. The van der Waals surface area contributed by atoms with Gasteiger partial charge in [0.15, 0.2) is 0 Å². The second kappa shape index (κ2) is 5.30. The number of amides is 2. The molecule has 0 spiro atoms. The fourth-order valence-corrected chi connectivity index (χ4v) is 3.27. The fraction of sp³-hybridized carbons (Fsp3) is 0.222. The van der Waals surface area contributed by atoms with E-state index in [1.807, 2.05) is 24.3 Å². The van der Waals surface area contributed by atoms with Gasteiger partial charge in [0, 0.05) is 0 Å². The third-order valence-corrected chi connectivity index (χ3v) is 4.47. The zero-order chi connectivity index (χ0) is 16.0. The minimum absolute atomic E-state index is 0.107. The van der Waals surface area contributed by atoms with Crippen LogP contribution in [0.25, 0.3) is 11.1 Å². The van der Waals surface area contributed by atoms with Crippen molar-refractivity contribution in [1.82, 2.24) is 5.06 Å². The van der Waals surface area contributed by atoms with Crippen LogP contribution in [0.1, 0.15) is 23.1 Å². The molecule has 0 radical (unpaired) electrons. The first-order valence-corrected chi connectivity index (χ1v) is 7.51. The smallest absolute Gasteiger partial charge is 0.282 e. The quantitative estimate of drug-likeness (QED) is 0.595. The van der Waals surface area contributed by atoms with Crippen molar-refractivity contribution < 1.29 is 19.5 Å². The maximum atomic E-state index is 11.7. The molecular weight excluding hydrogens is 294 g/mol. The average Bonchev–Trinajstić information content (AvgIpc) is 3.06. The molecule has 0 saturated carbocycles. The molecule has 0 bridgehead atoms. The first-order chi connectivity index (χ1) is 11.1. The lowest BCUT2D eigenvalue weighted by molar-refractivity contribution is -0.174. The number of imide groups is 1. The summed E-state index contributed by atoms with van der Waals surface area (Å²) in [7, 11) is 0. The molecule has 5 heteroatoms. The third kappa shape index (κ3) is 2.25. The molecule has 1 aliphatic carbocycles. The standard InChI is InChI=1S/C18H15NO4/c20-17-9-16(18(21)19(17)22)23-10-12-5-3-7-14-13-6-2-1-4-11(13)8-15(12)14/h1-7,16,22H,8-10H2. The highest BCUT2D eigenvalue weighted by molar-refractivity contribution is 6.03. The topological polar surface area (TPSA) is 66.8 Å². The van der Waals surface area contributed by atoms with E-state index in [2.05, 4.69) is 18.2 Å². The fourth-order valence-electron chi connectivity index (χ4n) is 3.27. The summed E-state index contributed by atoms with van der Waals surface area (Å²) in [5.74, 6) is -1.31. The Morgan fingerprint density at radius 2 is 1.87 bits per heavy atom. The van der Waals surface area contributed by atoms with E-state index in [0.717, 1.165) is 12.0 Å². The highest BCUT2D eigenvalue weighted by atomic mass is 16.6. The van der Waals surface area contributed by atoms with Gasteiger partial charge < -0.3 is 4.74 Å². The van der Waals surface area contributed by atoms with Crippen LogP contribution < -0.4 is 0 Å². The lowest BCUT2D eigenvalue weighted by Gasteiger charge is -2.12. The van der Waals surface area contributed by atoms with Crippen LogP contribution in [0.5, 0.6) is 0 Å². The summed E-state index contributed by atoms with van der Waals surface area (Å²) in [6, 6.07) is 14.3. The van der Waals surface area contributed by atoms with E-state index in [9.17, 15) is 14.8 Å². The van der Waals surface area contributed by atoms with E-state index in [4.69, 9.17) is 4.74 Å². The molecule has 116 valence electrons. The number of hydrogen-bond acceptors (Lipinski definition) is 4. The van der Waals surface area contributed by atoms with Gasteiger partial charge in [0.25, 0.3) is 11.8 Å². The SMILES string of the molecule is O=C1CC(OCc2cccc3c2Cc2ccccc2-3)C(=O)N1O. The van der Waals surface area contributed by atoms with Gasteiger partial charge in [-0.15, -0.1) is 0 Å². The number of nitrogens with zero attached hydrogens (tertiary/aromatic N) is 1. The largest absolute Gasteiger partial charge is 0.363 e. The Labute approximate surface area is 133 Å². The predicted octanol–water partition coefficient (Wildman–Crippen LogP) is 2.29. The van der Waals surface area contributed by atoms with Gasteiger partial charge in [0.1, 0.15) is 6.10 Å². The molecular formula is C18H15NO4. The van der Waals surface area contributed by atoms with Crippen LogP contribution in [-0.4, -0.2) is 28.2 Å². The van der Waals surface area contributed by atoms with Crippen LogP contribution in [0.3, 0.4) is 0 Å². The van der Waals surface area contributed by atoms with E-state index in [1.54, 1.807) is 0 Å². The van der Waals surface area contributed by atoms with Gasteiger partial charge in [0.2, 0.25) is 0 Å². The molecule has 1 N–H and O–H groups in total. The molecule has 23 heavy (non-hydrogen) atoms. The molecule has 0 aromatic heterocycles. The number of hydrogen-bond donors (Lipinski definition) is 1. The van der Waals surface area contributed by atoms with Crippen molar-refractivity contribution in [3.05, 3.63) is 59.2 Å². The van der Waals surface area contributed by atoms with Gasteiger partial charge in [-0.1, -0.05) is 42.5 Å². The highest BCUT2D eigenvalue weighted by Gasteiger charge is 2.39. The monoisotopic (exact) mass is 309 g/mol. The van der Waals surface area contributed by atoms with Crippen molar-refractivity contribution >= 4 is 11.8 Å². The maximum Gasteiger partial charge on any atom is 0.282 e. The summed E-state index contributed by atoms with van der Waals surface area (Å²) in [4.78, 5) is 23.0. The van der Waals surface area contributed by atoms with Crippen LogP contribution in [0.4, 0.5) is 0 Å². The number of benzene rings is 2. The van der Waals surface area contributed by atoms with E-state index >= 15 is 0 Å². The van der Waals surface area contributed by atoms with Crippen molar-refractivity contribution in [2.45, 2.75) is 25.6 Å². The van der Waals surface area contributed by atoms with Crippen LogP contribution in [-0.2, 0) is 27.4 Å².